The topological polar surface area (TPSA) is 35.2 Å². The summed E-state index contributed by atoms with van der Waals surface area (Å²) in [4.78, 5) is 0. The van der Waals surface area contributed by atoms with Crippen LogP contribution < -0.4 is 10.5 Å². The molecule has 1 aromatic carbocycles. The lowest BCUT2D eigenvalue weighted by Gasteiger charge is -2.11. The molecule has 2 heteroatoms. The van der Waals surface area contributed by atoms with Crippen LogP contribution >= 0.6 is 0 Å². The van der Waals surface area contributed by atoms with Gasteiger partial charge < -0.3 is 10.5 Å². The van der Waals surface area contributed by atoms with Gasteiger partial charge in [-0.05, 0) is 49.8 Å². The van der Waals surface area contributed by atoms with Gasteiger partial charge in [-0.3, -0.25) is 0 Å². The fourth-order valence-corrected chi connectivity index (χ4v) is 2.34. The summed E-state index contributed by atoms with van der Waals surface area (Å²) in [6.45, 7) is 2.74. The smallest absolute Gasteiger partial charge is 0.119 e. The van der Waals surface area contributed by atoms with Crippen LogP contribution in [0, 0.1) is 0 Å². The Bertz CT molecular complexity index is 324. The van der Waals surface area contributed by atoms with Crippen molar-refractivity contribution in [3.05, 3.63) is 29.8 Å². The van der Waals surface area contributed by atoms with Gasteiger partial charge in [0.25, 0.3) is 0 Å². The molecule has 0 bridgehead atoms. The van der Waals surface area contributed by atoms with E-state index in [0.717, 1.165) is 25.2 Å². The zero-order chi connectivity index (χ0) is 10.7. The van der Waals surface area contributed by atoms with E-state index in [-0.39, 0.29) is 0 Å². The fourth-order valence-electron chi connectivity index (χ4n) is 2.34. The third-order valence-corrected chi connectivity index (χ3v) is 3.11. The lowest BCUT2D eigenvalue weighted by Crippen LogP contribution is -2.14. The monoisotopic (exact) mass is 205 g/mol. The first kappa shape index (κ1) is 10.5. The van der Waals surface area contributed by atoms with Crippen molar-refractivity contribution >= 4 is 0 Å². The molecule has 2 N–H and O–H groups in total. The molecular weight excluding hydrogens is 186 g/mol. The summed E-state index contributed by atoms with van der Waals surface area (Å²) in [7, 11) is 0. The molecule has 0 saturated heterocycles. The van der Waals surface area contributed by atoms with E-state index in [1.807, 2.05) is 13.0 Å². The van der Waals surface area contributed by atoms with Crippen LogP contribution in [-0.4, -0.2) is 12.6 Å². The maximum atomic E-state index is 5.93. The normalized spacial score (nSPS) is 25.5. The molecule has 1 aliphatic carbocycles. The summed E-state index contributed by atoms with van der Waals surface area (Å²) in [6, 6.07) is 8.83. The fraction of sp³-hybridized carbons (Fsp3) is 0.538. The van der Waals surface area contributed by atoms with Crippen molar-refractivity contribution < 1.29 is 4.74 Å². The maximum Gasteiger partial charge on any atom is 0.119 e. The van der Waals surface area contributed by atoms with Crippen molar-refractivity contribution in [3.63, 3.8) is 0 Å². The van der Waals surface area contributed by atoms with Gasteiger partial charge in [-0.15, -0.1) is 0 Å². The van der Waals surface area contributed by atoms with Gasteiger partial charge in [0.05, 0.1) is 6.61 Å². The van der Waals surface area contributed by atoms with Gasteiger partial charge in [0, 0.05) is 6.04 Å². The predicted octanol–water partition coefficient (Wildman–Crippen LogP) is 2.68. The highest BCUT2D eigenvalue weighted by Gasteiger charge is 2.23. The van der Waals surface area contributed by atoms with Gasteiger partial charge in [0.15, 0.2) is 0 Å². The van der Waals surface area contributed by atoms with E-state index < -0.39 is 0 Å². The van der Waals surface area contributed by atoms with Gasteiger partial charge in [-0.1, -0.05) is 12.1 Å². The zero-order valence-corrected chi connectivity index (χ0v) is 9.28. The van der Waals surface area contributed by atoms with Crippen LogP contribution in [0.3, 0.4) is 0 Å². The second-order valence-electron chi connectivity index (χ2n) is 4.28. The Kier molecular flexibility index (Phi) is 3.27. The first-order chi connectivity index (χ1) is 7.29. The van der Waals surface area contributed by atoms with E-state index in [1.165, 1.54) is 12.0 Å². The number of ether oxygens (including phenoxy) is 1. The van der Waals surface area contributed by atoms with E-state index in [9.17, 15) is 0 Å². The highest BCUT2D eigenvalue weighted by molar-refractivity contribution is 5.31. The van der Waals surface area contributed by atoms with Gasteiger partial charge >= 0.3 is 0 Å². The van der Waals surface area contributed by atoms with Crippen molar-refractivity contribution in [1.29, 1.82) is 0 Å². The molecule has 0 aliphatic heterocycles. The molecule has 1 aromatic rings. The summed E-state index contributed by atoms with van der Waals surface area (Å²) >= 11 is 0. The molecule has 0 amide bonds. The van der Waals surface area contributed by atoms with Crippen molar-refractivity contribution in [2.24, 2.45) is 5.73 Å². The van der Waals surface area contributed by atoms with E-state index in [2.05, 4.69) is 18.2 Å². The Morgan fingerprint density at radius 3 is 2.93 bits per heavy atom. The van der Waals surface area contributed by atoms with Crippen LogP contribution in [0.5, 0.6) is 5.75 Å². The number of benzene rings is 1. The van der Waals surface area contributed by atoms with Crippen molar-refractivity contribution in [1.82, 2.24) is 0 Å². The summed E-state index contributed by atoms with van der Waals surface area (Å²) in [5.41, 5.74) is 7.31. The average molecular weight is 205 g/mol. The van der Waals surface area contributed by atoms with Gasteiger partial charge in [0.1, 0.15) is 5.75 Å². The molecule has 0 heterocycles. The number of nitrogens with two attached hydrogens (primary N) is 1. The number of rotatable bonds is 3. The van der Waals surface area contributed by atoms with Crippen molar-refractivity contribution in [2.75, 3.05) is 6.61 Å². The summed E-state index contributed by atoms with van der Waals surface area (Å²) < 4.78 is 5.50. The van der Waals surface area contributed by atoms with Gasteiger partial charge in [-0.25, -0.2) is 0 Å². The Labute approximate surface area is 91.4 Å². The highest BCUT2D eigenvalue weighted by atomic mass is 16.5. The minimum Gasteiger partial charge on any atom is -0.494 e. The highest BCUT2D eigenvalue weighted by Crippen LogP contribution is 2.34. The molecular formula is C13H19NO. The number of hydrogen-bond acceptors (Lipinski definition) is 2. The van der Waals surface area contributed by atoms with Crippen LogP contribution in [0.4, 0.5) is 0 Å². The predicted molar refractivity (Wildman–Crippen MR) is 62.2 cm³/mol. The molecule has 1 saturated carbocycles. The standard InChI is InChI=1S/C13H19NO/c1-2-15-13-5-3-4-10(9-13)11-6-7-12(14)8-11/h3-5,9,11-12H,2,6-8,14H2,1H3. The van der Waals surface area contributed by atoms with Gasteiger partial charge in [0.2, 0.25) is 0 Å². The SMILES string of the molecule is CCOc1cccc(C2CCC(N)C2)c1. The molecule has 15 heavy (non-hydrogen) atoms. The van der Waals surface area contributed by atoms with Crippen LogP contribution in [0.1, 0.15) is 37.7 Å². The van der Waals surface area contributed by atoms with E-state index in [4.69, 9.17) is 10.5 Å². The van der Waals surface area contributed by atoms with E-state index in [1.54, 1.807) is 0 Å². The second-order valence-corrected chi connectivity index (χ2v) is 4.28. The molecule has 1 aliphatic rings. The maximum absolute atomic E-state index is 5.93. The lowest BCUT2D eigenvalue weighted by atomic mass is 9.97. The molecule has 0 spiro atoms. The second kappa shape index (κ2) is 4.67. The molecule has 82 valence electrons. The van der Waals surface area contributed by atoms with Crippen LogP contribution in [0.15, 0.2) is 24.3 Å². The first-order valence-corrected chi connectivity index (χ1v) is 5.78. The largest absolute Gasteiger partial charge is 0.494 e. The third-order valence-electron chi connectivity index (χ3n) is 3.11. The van der Waals surface area contributed by atoms with Crippen molar-refractivity contribution in [3.8, 4) is 5.75 Å². The minimum absolute atomic E-state index is 0.394. The van der Waals surface area contributed by atoms with E-state index >= 15 is 0 Å². The third kappa shape index (κ3) is 2.51. The molecule has 1 fully saturated rings. The van der Waals surface area contributed by atoms with Gasteiger partial charge in [-0.2, -0.15) is 0 Å². The average Bonchev–Trinajstić information content (AvgIpc) is 2.66. The van der Waals surface area contributed by atoms with Crippen molar-refractivity contribution in [2.45, 2.75) is 38.1 Å². The molecule has 0 radical (unpaired) electrons. The molecule has 2 atom stereocenters. The summed E-state index contributed by atoms with van der Waals surface area (Å²) in [6.07, 6.45) is 3.50. The minimum atomic E-state index is 0.394. The Morgan fingerprint density at radius 1 is 1.40 bits per heavy atom. The molecule has 2 rings (SSSR count). The molecule has 2 unspecified atom stereocenters. The van der Waals surface area contributed by atoms with E-state index in [0.29, 0.717) is 12.0 Å². The number of hydrogen-bond donors (Lipinski definition) is 1. The molecule has 0 aromatic heterocycles. The Balaban J connectivity index is 2.10. The quantitative estimate of drug-likeness (QED) is 0.823. The molecule has 2 nitrogen and oxygen atoms in total. The zero-order valence-electron chi connectivity index (χ0n) is 9.28. The van der Waals surface area contributed by atoms with Crippen LogP contribution in [0.2, 0.25) is 0 Å². The Hall–Kier alpha value is -1.02. The Morgan fingerprint density at radius 2 is 2.27 bits per heavy atom. The lowest BCUT2D eigenvalue weighted by molar-refractivity contribution is 0.339. The summed E-state index contributed by atoms with van der Waals surface area (Å²) in [5, 5.41) is 0. The summed E-state index contributed by atoms with van der Waals surface area (Å²) in [5.74, 6) is 1.62. The van der Waals surface area contributed by atoms with Crippen LogP contribution in [-0.2, 0) is 0 Å². The van der Waals surface area contributed by atoms with Crippen LogP contribution in [0.25, 0.3) is 0 Å². The first-order valence-electron chi connectivity index (χ1n) is 5.78.